The Kier molecular flexibility index (Phi) is 2.87. The Bertz CT molecular complexity index is 271. The maximum absolute atomic E-state index is 10.0. The largest absolute Gasteiger partial charge is 0.392 e. The van der Waals surface area contributed by atoms with Crippen molar-refractivity contribution in [3.8, 4) is 0 Å². The second-order valence-corrected chi connectivity index (χ2v) is 4.38. The summed E-state index contributed by atoms with van der Waals surface area (Å²) in [7, 11) is 0. The molecule has 1 heterocycles. The van der Waals surface area contributed by atoms with Crippen molar-refractivity contribution in [2.45, 2.75) is 38.7 Å². The van der Waals surface area contributed by atoms with Crippen molar-refractivity contribution in [1.29, 1.82) is 0 Å². The summed E-state index contributed by atoms with van der Waals surface area (Å²) in [6, 6.07) is 0. The van der Waals surface area contributed by atoms with Crippen LogP contribution >= 0.6 is 0 Å². The minimum absolute atomic E-state index is 0.223. The number of aliphatic hydroxyl groups is 1. The molecule has 0 amide bonds. The lowest BCUT2D eigenvalue weighted by Crippen LogP contribution is -2.25. The van der Waals surface area contributed by atoms with Gasteiger partial charge in [0.05, 0.1) is 6.10 Å². The van der Waals surface area contributed by atoms with E-state index in [1.807, 2.05) is 0 Å². The summed E-state index contributed by atoms with van der Waals surface area (Å²) < 4.78 is 0. The molecule has 1 aliphatic rings. The molecule has 1 aromatic heterocycles. The van der Waals surface area contributed by atoms with E-state index in [-0.39, 0.29) is 6.10 Å². The Morgan fingerprint density at radius 3 is 3.07 bits per heavy atom. The van der Waals surface area contributed by atoms with Crippen LogP contribution in [0.2, 0.25) is 0 Å². The molecule has 2 N–H and O–H groups in total. The second-order valence-electron chi connectivity index (χ2n) is 4.38. The van der Waals surface area contributed by atoms with E-state index >= 15 is 0 Å². The third kappa shape index (κ3) is 1.98. The summed E-state index contributed by atoms with van der Waals surface area (Å²) >= 11 is 0. The van der Waals surface area contributed by atoms with Crippen molar-refractivity contribution in [3.05, 3.63) is 18.2 Å². The molecule has 0 aliphatic heterocycles. The van der Waals surface area contributed by atoms with Crippen molar-refractivity contribution in [2.75, 3.05) is 0 Å². The lowest BCUT2D eigenvalue weighted by molar-refractivity contribution is 0.0885. The van der Waals surface area contributed by atoms with Crippen molar-refractivity contribution in [3.63, 3.8) is 0 Å². The first-order valence-corrected chi connectivity index (χ1v) is 5.43. The van der Waals surface area contributed by atoms with Gasteiger partial charge in [-0.2, -0.15) is 0 Å². The van der Waals surface area contributed by atoms with Crippen LogP contribution in [0.4, 0.5) is 0 Å². The first kappa shape index (κ1) is 9.71. The van der Waals surface area contributed by atoms with Crippen LogP contribution in [-0.2, 0) is 6.42 Å². The third-order valence-corrected chi connectivity index (χ3v) is 3.38. The van der Waals surface area contributed by atoms with Crippen LogP contribution in [-0.4, -0.2) is 21.2 Å². The van der Waals surface area contributed by atoms with Crippen LogP contribution in [0.5, 0.6) is 0 Å². The van der Waals surface area contributed by atoms with Crippen molar-refractivity contribution >= 4 is 0 Å². The Balaban J connectivity index is 1.92. The van der Waals surface area contributed by atoms with Gasteiger partial charge in [-0.15, -0.1) is 0 Å². The summed E-state index contributed by atoms with van der Waals surface area (Å²) in [5, 5.41) is 10.0. The third-order valence-electron chi connectivity index (χ3n) is 3.38. The molecule has 3 atom stereocenters. The minimum Gasteiger partial charge on any atom is -0.392 e. The standard InChI is InChI=1S/C11H18N2O/c1-8-3-2-4-9(8)10(14)7-11-12-5-6-13-11/h5-6,8-10,14H,2-4,7H2,1H3,(H,12,13). The summed E-state index contributed by atoms with van der Waals surface area (Å²) in [6.07, 6.45) is 7.69. The van der Waals surface area contributed by atoms with Crippen LogP contribution in [0, 0.1) is 11.8 Å². The Labute approximate surface area is 84.6 Å². The highest BCUT2D eigenvalue weighted by atomic mass is 16.3. The van der Waals surface area contributed by atoms with Gasteiger partial charge in [-0.3, -0.25) is 0 Å². The van der Waals surface area contributed by atoms with E-state index in [1.54, 1.807) is 12.4 Å². The normalized spacial score (nSPS) is 29.3. The fraction of sp³-hybridized carbons (Fsp3) is 0.727. The van der Waals surface area contributed by atoms with Gasteiger partial charge in [0.1, 0.15) is 5.82 Å². The highest BCUT2D eigenvalue weighted by Crippen LogP contribution is 2.34. The van der Waals surface area contributed by atoms with E-state index < -0.39 is 0 Å². The molecule has 1 saturated carbocycles. The van der Waals surface area contributed by atoms with Crippen molar-refractivity contribution in [2.24, 2.45) is 11.8 Å². The zero-order valence-electron chi connectivity index (χ0n) is 8.61. The Morgan fingerprint density at radius 1 is 1.64 bits per heavy atom. The number of nitrogens with zero attached hydrogens (tertiary/aromatic N) is 1. The zero-order valence-corrected chi connectivity index (χ0v) is 8.61. The molecule has 0 radical (unpaired) electrons. The van der Waals surface area contributed by atoms with Gasteiger partial charge in [0.15, 0.2) is 0 Å². The number of aromatic nitrogens is 2. The van der Waals surface area contributed by atoms with Crippen LogP contribution in [0.15, 0.2) is 12.4 Å². The predicted octanol–water partition coefficient (Wildman–Crippen LogP) is 1.75. The first-order chi connectivity index (χ1) is 6.77. The number of H-pyrrole nitrogens is 1. The maximum Gasteiger partial charge on any atom is 0.108 e. The van der Waals surface area contributed by atoms with Gasteiger partial charge in [-0.25, -0.2) is 4.98 Å². The molecule has 3 nitrogen and oxygen atoms in total. The smallest absolute Gasteiger partial charge is 0.108 e. The lowest BCUT2D eigenvalue weighted by Gasteiger charge is -2.21. The summed E-state index contributed by atoms with van der Waals surface area (Å²) in [4.78, 5) is 7.17. The van der Waals surface area contributed by atoms with Crippen molar-refractivity contribution in [1.82, 2.24) is 9.97 Å². The molecule has 0 aromatic carbocycles. The molecule has 1 aromatic rings. The fourth-order valence-electron chi connectivity index (χ4n) is 2.50. The molecular formula is C11H18N2O. The highest BCUT2D eigenvalue weighted by molar-refractivity contribution is 4.92. The van der Waals surface area contributed by atoms with Gasteiger partial charge in [-0.1, -0.05) is 19.8 Å². The van der Waals surface area contributed by atoms with Crippen molar-refractivity contribution < 1.29 is 5.11 Å². The van der Waals surface area contributed by atoms with Gasteiger partial charge in [-0.05, 0) is 18.3 Å². The van der Waals surface area contributed by atoms with E-state index in [2.05, 4.69) is 16.9 Å². The summed E-state index contributed by atoms with van der Waals surface area (Å²) in [5.74, 6) is 2.04. The molecule has 0 saturated heterocycles. The SMILES string of the molecule is CC1CCCC1C(O)Cc1ncc[nH]1. The summed E-state index contributed by atoms with van der Waals surface area (Å²) in [6.45, 7) is 2.24. The maximum atomic E-state index is 10.0. The molecule has 78 valence electrons. The van der Waals surface area contributed by atoms with E-state index in [9.17, 15) is 5.11 Å². The van der Waals surface area contributed by atoms with Gasteiger partial charge in [0, 0.05) is 18.8 Å². The summed E-state index contributed by atoms with van der Waals surface area (Å²) in [5.41, 5.74) is 0. The Hall–Kier alpha value is -0.830. The predicted molar refractivity (Wildman–Crippen MR) is 54.8 cm³/mol. The van der Waals surface area contributed by atoms with Crippen LogP contribution in [0.3, 0.4) is 0 Å². The topological polar surface area (TPSA) is 48.9 Å². The van der Waals surface area contributed by atoms with Gasteiger partial charge in [0.2, 0.25) is 0 Å². The molecule has 1 fully saturated rings. The molecule has 2 rings (SSSR count). The number of hydrogen-bond acceptors (Lipinski definition) is 2. The molecule has 3 heteroatoms. The van der Waals surface area contributed by atoms with Crippen LogP contribution < -0.4 is 0 Å². The molecule has 0 spiro atoms. The second kappa shape index (κ2) is 4.13. The molecule has 1 aliphatic carbocycles. The van der Waals surface area contributed by atoms with E-state index in [0.717, 1.165) is 5.82 Å². The molecule has 0 bridgehead atoms. The zero-order chi connectivity index (χ0) is 9.97. The Morgan fingerprint density at radius 2 is 2.50 bits per heavy atom. The van der Waals surface area contributed by atoms with Crippen LogP contribution in [0.25, 0.3) is 0 Å². The van der Waals surface area contributed by atoms with Gasteiger partial charge in [0.25, 0.3) is 0 Å². The number of rotatable bonds is 3. The number of aliphatic hydroxyl groups excluding tert-OH is 1. The average molecular weight is 194 g/mol. The first-order valence-electron chi connectivity index (χ1n) is 5.43. The fourth-order valence-corrected chi connectivity index (χ4v) is 2.50. The van der Waals surface area contributed by atoms with Crippen LogP contribution in [0.1, 0.15) is 32.0 Å². The number of aromatic amines is 1. The van der Waals surface area contributed by atoms with E-state index in [4.69, 9.17) is 0 Å². The minimum atomic E-state index is -0.223. The quantitative estimate of drug-likeness (QED) is 0.770. The number of nitrogens with one attached hydrogen (secondary N) is 1. The van der Waals surface area contributed by atoms with Gasteiger partial charge < -0.3 is 10.1 Å². The van der Waals surface area contributed by atoms with E-state index in [0.29, 0.717) is 18.3 Å². The highest BCUT2D eigenvalue weighted by Gasteiger charge is 2.29. The molecule has 14 heavy (non-hydrogen) atoms. The molecular weight excluding hydrogens is 176 g/mol. The number of imidazole rings is 1. The van der Waals surface area contributed by atoms with E-state index in [1.165, 1.54) is 19.3 Å². The average Bonchev–Trinajstić information content (AvgIpc) is 2.75. The number of hydrogen-bond donors (Lipinski definition) is 2. The molecule has 3 unspecified atom stereocenters. The lowest BCUT2D eigenvalue weighted by atomic mass is 9.90. The van der Waals surface area contributed by atoms with Gasteiger partial charge >= 0.3 is 0 Å². The monoisotopic (exact) mass is 194 g/mol.